The molecule has 0 atom stereocenters. The molecule has 0 fully saturated rings. The zero-order chi connectivity index (χ0) is 16.0. The third-order valence-corrected chi connectivity index (χ3v) is 2.75. The van der Waals surface area contributed by atoms with E-state index >= 15 is 0 Å². The van der Waals surface area contributed by atoms with Crippen LogP contribution in [0.2, 0.25) is 0 Å². The molecule has 1 aromatic rings. The average Bonchev–Trinajstić information content (AvgIpc) is 2.37. The van der Waals surface area contributed by atoms with E-state index in [4.69, 9.17) is 5.11 Å². The van der Waals surface area contributed by atoms with Gasteiger partial charge in [0.25, 0.3) is 0 Å². The highest BCUT2D eigenvalue weighted by molar-refractivity contribution is 5.92. The molecule has 0 saturated carbocycles. The van der Waals surface area contributed by atoms with Crippen LogP contribution in [0, 0.1) is 0 Å². The highest BCUT2D eigenvalue weighted by atomic mass is 16.4. The summed E-state index contributed by atoms with van der Waals surface area (Å²) in [7, 11) is 4.74. The number of aliphatic carboxylic acids is 1. The minimum Gasteiger partial charge on any atom is -0.481 e. The van der Waals surface area contributed by atoms with Gasteiger partial charge in [-0.2, -0.15) is 0 Å². The highest BCUT2D eigenvalue weighted by Gasteiger charge is 2.14. The number of urea groups is 1. The number of carboxylic acids is 1. The lowest BCUT2D eigenvalue weighted by Crippen LogP contribution is -2.39. The molecule has 7 heteroatoms. The Labute approximate surface area is 123 Å². The molecule has 0 bridgehead atoms. The van der Waals surface area contributed by atoms with Crippen LogP contribution in [0.5, 0.6) is 0 Å². The summed E-state index contributed by atoms with van der Waals surface area (Å²) in [6, 6.07) is 6.15. The number of carboxylic acid groups (broad SMARTS) is 1. The number of nitrogens with zero attached hydrogens (tertiary/aromatic N) is 2. The molecule has 21 heavy (non-hydrogen) atoms. The molecule has 0 aliphatic rings. The average molecular weight is 293 g/mol. The predicted octanol–water partition coefficient (Wildman–Crippen LogP) is 0.866. The predicted molar refractivity (Wildman–Crippen MR) is 78.1 cm³/mol. The summed E-state index contributed by atoms with van der Waals surface area (Å²) in [5.41, 5.74) is 1.08. The van der Waals surface area contributed by atoms with Crippen molar-refractivity contribution >= 4 is 23.6 Å². The van der Waals surface area contributed by atoms with Gasteiger partial charge < -0.3 is 20.2 Å². The van der Waals surface area contributed by atoms with Gasteiger partial charge in [-0.15, -0.1) is 0 Å². The summed E-state index contributed by atoms with van der Waals surface area (Å²) >= 11 is 0. The zero-order valence-electron chi connectivity index (χ0n) is 12.3. The maximum atomic E-state index is 11.9. The van der Waals surface area contributed by atoms with Crippen molar-refractivity contribution in [3.63, 3.8) is 0 Å². The third kappa shape index (κ3) is 5.52. The first-order valence-corrected chi connectivity index (χ1v) is 6.32. The van der Waals surface area contributed by atoms with Crippen LogP contribution in [0.1, 0.15) is 5.56 Å². The first kappa shape index (κ1) is 16.5. The monoisotopic (exact) mass is 293 g/mol. The van der Waals surface area contributed by atoms with E-state index in [1.54, 1.807) is 38.4 Å². The Hall–Kier alpha value is -2.57. The van der Waals surface area contributed by atoms with Crippen molar-refractivity contribution in [3.05, 3.63) is 29.8 Å². The normalized spacial score (nSPS) is 9.86. The van der Waals surface area contributed by atoms with E-state index in [0.717, 1.165) is 0 Å². The van der Waals surface area contributed by atoms with Crippen LogP contribution in [0.4, 0.5) is 10.5 Å². The molecule has 7 nitrogen and oxygen atoms in total. The number of amides is 3. The Morgan fingerprint density at radius 3 is 2.43 bits per heavy atom. The quantitative estimate of drug-likeness (QED) is 0.842. The molecule has 0 saturated heterocycles. The Morgan fingerprint density at radius 2 is 1.86 bits per heavy atom. The van der Waals surface area contributed by atoms with E-state index in [0.29, 0.717) is 11.3 Å². The smallest absolute Gasteiger partial charge is 0.322 e. The van der Waals surface area contributed by atoms with Crippen molar-refractivity contribution < 1.29 is 19.5 Å². The molecular weight excluding hydrogens is 274 g/mol. The fourth-order valence-corrected chi connectivity index (χ4v) is 1.57. The molecule has 2 N–H and O–H groups in total. The van der Waals surface area contributed by atoms with E-state index < -0.39 is 12.0 Å². The molecule has 0 aliphatic heterocycles. The molecular formula is C14H19N3O4. The summed E-state index contributed by atoms with van der Waals surface area (Å²) < 4.78 is 0. The number of likely N-dealkylation sites (N-methyl/N-ethyl adjacent to an activating group) is 2. The highest BCUT2D eigenvalue weighted by Crippen LogP contribution is 2.12. The van der Waals surface area contributed by atoms with Gasteiger partial charge in [0.15, 0.2) is 0 Å². The van der Waals surface area contributed by atoms with Crippen LogP contribution in [0.15, 0.2) is 24.3 Å². The van der Waals surface area contributed by atoms with E-state index in [9.17, 15) is 14.4 Å². The van der Waals surface area contributed by atoms with E-state index in [1.165, 1.54) is 16.8 Å². The zero-order valence-corrected chi connectivity index (χ0v) is 12.3. The second-order valence-corrected chi connectivity index (χ2v) is 4.85. The van der Waals surface area contributed by atoms with Crippen molar-refractivity contribution in [3.8, 4) is 0 Å². The summed E-state index contributed by atoms with van der Waals surface area (Å²) in [5, 5.41) is 11.4. The maximum absolute atomic E-state index is 11.9. The van der Waals surface area contributed by atoms with Crippen molar-refractivity contribution in [1.29, 1.82) is 0 Å². The van der Waals surface area contributed by atoms with E-state index in [-0.39, 0.29) is 18.9 Å². The standard InChI is InChI=1S/C14H19N3O4/c1-16(2)12(18)9-17(3)14(21)15-11-6-4-5-10(7-11)8-13(19)20/h4-7H,8-9H2,1-3H3,(H,15,21)(H,19,20). The van der Waals surface area contributed by atoms with Gasteiger partial charge in [-0.1, -0.05) is 12.1 Å². The van der Waals surface area contributed by atoms with Gasteiger partial charge in [-0.3, -0.25) is 9.59 Å². The van der Waals surface area contributed by atoms with Crippen LogP contribution >= 0.6 is 0 Å². The molecule has 0 spiro atoms. The van der Waals surface area contributed by atoms with Crippen molar-refractivity contribution in [1.82, 2.24) is 9.80 Å². The van der Waals surface area contributed by atoms with Gasteiger partial charge in [0, 0.05) is 26.8 Å². The Kier molecular flexibility index (Phi) is 5.71. The second-order valence-electron chi connectivity index (χ2n) is 4.85. The lowest BCUT2D eigenvalue weighted by molar-refractivity contribution is -0.136. The van der Waals surface area contributed by atoms with Crippen molar-refractivity contribution in [2.45, 2.75) is 6.42 Å². The van der Waals surface area contributed by atoms with Gasteiger partial charge >= 0.3 is 12.0 Å². The van der Waals surface area contributed by atoms with Crippen LogP contribution in [-0.4, -0.2) is 60.5 Å². The first-order valence-electron chi connectivity index (χ1n) is 6.32. The summed E-state index contributed by atoms with van der Waals surface area (Å²) in [5.74, 6) is -1.13. The number of carbonyl (C=O) groups excluding carboxylic acids is 2. The fourth-order valence-electron chi connectivity index (χ4n) is 1.57. The first-order chi connectivity index (χ1) is 9.79. The number of benzene rings is 1. The van der Waals surface area contributed by atoms with Gasteiger partial charge in [-0.05, 0) is 17.7 Å². The molecule has 1 rings (SSSR count). The topological polar surface area (TPSA) is 90.0 Å². The molecule has 0 radical (unpaired) electrons. The number of anilines is 1. The molecule has 0 unspecified atom stereocenters. The molecule has 114 valence electrons. The van der Waals surface area contributed by atoms with Gasteiger partial charge in [0.2, 0.25) is 5.91 Å². The maximum Gasteiger partial charge on any atom is 0.322 e. The summed E-state index contributed by atoms with van der Waals surface area (Å²) in [4.78, 5) is 36.8. The number of nitrogens with one attached hydrogen (secondary N) is 1. The lowest BCUT2D eigenvalue weighted by Gasteiger charge is -2.19. The van der Waals surface area contributed by atoms with Crippen LogP contribution in [0.25, 0.3) is 0 Å². The van der Waals surface area contributed by atoms with E-state index in [2.05, 4.69) is 5.32 Å². The second kappa shape index (κ2) is 7.28. The largest absolute Gasteiger partial charge is 0.481 e. The third-order valence-electron chi connectivity index (χ3n) is 2.75. The van der Waals surface area contributed by atoms with Crippen LogP contribution in [-0.2, 0) is 16.0 Å². The lowest BCUT2D eigenvalue weighted by atomic mass is 10.1. The van der Waals surface area contributed by atoms with Gasteiger partial charge in [-0.25, -0.2) is 4.79 Å². The van der Waals surface area contributed by atoms with Gasteiger partial charge in [0.1, 0.15) is 6.54 Å². The minimum atomic E-state index is -0.938. The number of carbonyl (C=O) groups is 3. The van der Waals surface area contributed by atoms with Crippen molar-refractivity contribution in [2.24, 2.45) is 0 Å². The summed E-state index contributed by atoms with van der Waals surface area (Å²) in [6.07, 6.45) is -0.112. The van der Waals surface area contributed by atoms with Crippen LogP contribution < -0.4 is 5.32 Å². The Balaban J connectivity index is 2.65. The molecule has 3 amide bonds. The van der Waals surface area contributed by atoms with Gasteiger partial charge in [0.05, 0.1) is 6.42 Å². The Bertz CT molecular complexity index is 543. The molecule has 0 aliphatic carbocycles. The number of hydrogen-bond donors (Lipinski definition) is 2. The number of rotatable bonds is 5. The van der Waals surface area contributed by atoms with Crippen molar-refractivity contribution in [2.75, 3.05) is 33.0 Å². The SMILES string of the molecule is CN(C)C(=O)CN(C)C(=O)Nc1cccc(CC(=O)O)c1. The fraction of sp³-hybridized carbons (Fsp3) is 0.357. The number of hydrogen-bond acceptors (Lipinski definition) is 3. The molecule has 0 heterocycles. The van der Waals surface area contributed by atoms with E-state index in [1.807, 2.05) is 0 Å². The Morgan fingerprint density at radius 1 is 1.19 bits per heavy atom. The summed E-state index contributed by atoms with van der Waals surface area (Å²) in [6.45, 7) is -0.0341. The molecule has 0 aromatic heterocycles. The molecule has 1 aromatic carbocycles. The van der Waals surface area contributed by atoms with Crippen LogP contribution in [0.3, 0.4) is 0 Å². The minimum absolute atomic E-state index is 0.0341.